The van der Waals surface area contributed by atoms with Crippen LogP contribution in [0.4, 0.5) is 0 Å². The number of rotatable bonds is 25. The molecule has 0 saturated heterocycles. The number of benzene rings is 1. The maximum absolute atomic E-state index is 13.9. The highest BCUT2D eigenvalue weighted by Crippen LogP contribution is 2.48. The Hall–Kier alpha value is -3.27. The highest BCUT2D eigenvalue weighted by molar-refractivity contribution is 7.85. The second-order valence-corrected chi connectivity index (χ2v) is 16.3. The normalized spacial score (nSPS) is 16.0. The van der Waals surface area contributed by atoms with Crippen molar-refractivity contribution in [2.75, 3.05) is 73.0 Å². The van der Waals surface area contributed by atoms with Crippen LogP contribution in [0.5, 0.6) is 0 Å². The van der Waals surface area contributed by atoms with Crippen LogP contribution >= 0.6 is 0 Å². The van der Waals surface area contributed by atoms with Crippen LogP contribution in [-0.2, 0) is 50.0 Å². The van der Waals surface area contributed by atoms with Crippen LogP contribution in [-0.4, -0.2) is 108 Å². The van der Waals surface area contributed by atoms with Gasteiger partial charge in [-0.05, 0) is 69.0 Å². The average Bonchev–Trinajstić information content (AvgIpc) is 3.05. The lowest BCUT2D eigenvalue weighted by molar-refractivity contribution is -0.890. The van der Waals surface area contributed by atoms with Gasteiger partial charge in [-0.3, -0.25) is 14.4 Å². The van der Waals surface area contributed by atoms with E-state index in [0.29, 0.717) is 30.4 Å². The fraction of sp³-hybridized carbons (Fsp3) is 0.743. The maximum Gasteiger partial charge on any atom is 0.312 e. The molecule has 16 heteroatoms. The van der Waals surface area contributed by atoms with E-state index >= 15 is 0 Å². The van der Waals surface area contributed by atoms with E-state index in [0.717, 1.165) is 11.1 Å². The zero-order valence-corrected chi connectivity index (χ0v) is 32.5. The summed E-state index contributed by atoms with van der Waals surface area (Å²) in [7, 11) is 0.870. The molecule has 51 heavy (non-hydrogen) atoms. The monoisotopic (exact) mass is 741 g/mol. The van der Waals surface area contributed by atoms with E-state index in [1.807, 2.05) is 52.2 Å². The highest BCUT2D eigenvalue weighted by Gasteiger charge is 2.51. The maximum atomic E-state index is 13.9. The molecule has 4 atom stereocenters. The van der Waals surface area contributed by atoms with Crippen LogP contribution in [0.2, 0.25) is 0 Å². The van der Waals surface area contributed by atoms with Crippen molar-refractivity contribution in [1.82, 2.24) is 0 Å². The molecule has 4 unspecified atom stereocenters. The number of esters is 3. The van der Waals surface area contributed by atoms with Crippen LogP contribution in [0.3, 0.4) is 0 Å². The van der Waals surface area contributed by atoms with Gasteiger partial charge in [0.05, 0.1) is 60.2 Å². The number of nitrogens with two attached hydrogens (primary N) is 1. The first-order chi connectivity index (χ1) is 23.7. The zero-order chi connectivity index (χ0) is 38.9. The molecule has 0 aliphatic rings. The van der Waals surface area contributed by atoms with Gasteiger partial charge in [0.2, 0.25) is 0 Å². The first kappa shape index (κ1) is 45.8. The van der Waals surface area contributed by atoms with Crippen molar-refractivity contribution in [3.8, 4) is 0 Å². The summed E-state index contributed by atoms with van der Waals surface area (Å²) in [5.74, 6) is -2.28. The summed E-state index contributed by atoms with van der Waals surface area (Å²) in [6, 6.07) is 7.54. The third kappa shape index (κ3) is 15.9. The van der Waals surface area contributed by atoms with E-state index in [2.05, 4.69) is 10.0 Å². The predicted octanol–water partition coefficient (Wildman–Crippen LogP) is 4.45. The van der Waals surface area contributed by atoms with Crippen molar-refractivity contribution in [2.24, 2.45) is 27.1 Å². The SMILES string of the molecule is CCC(C)(CC(C)(CC(C)(CC(C)c1ccc(CN=[N+]=[N-])cc1)C(=O)OCCOC)C(=O)OCCN)C(=O)OCC[N+](C)(C)CCCS(=O)(=O)[O-]. The van der Waals surface area contributed by atoms with E-state index in [1.165, 1.54) is 7.11 Å². The topological polar surface area (TPSA) is 220 Å². The molecule has 290 valence electrons. The molecule has 0 aromatic heterocycles. The Kier molecular flexibility index (Phi) is 18.6. The molecule has 15 nitrogen and oxygen atoms in total. The molecular weight excluding hydrogens is 682 g/mol. The lowest BCUT2D eigenvalue weighted by Crippen LogP contribution is -2.47. The quantitative estimate of drug-likeness (QED) is 0.0216. The van der Waals surface area contributed by atoms with E-state index in [9.17, 15) is 27.4 Å². The molecule has 0 spiro atoms. The number of likely N-dealkylation sites (N-methyl/N-ethyl adjacent to an activating group) is 1. The number of carbonyl (C=O) groups excluding carboxylic acids is 3. The molecular formula is C35H59N5O10S. The number of quaternary nitrogens is 1. The largest absolute Gasteiger partial charge is 0.748 e. The Morgan fingerprint density at radius 2 is 1.47 bits per heavy atom. The number of nitrogens with zero attached hydrogens (tertiary/aromatic N) is 4. The van der Waals surface area contributed by atoms with Crippen molar-refractivity contribution in [3.63, 3.8) is 0 Å². The van der Waals surface area contributed by atoms with Crippen molar-refractivity contribution in [1.29, 1.82) is 0 Å². The first-order valence-electron chi connectivity index (χ1n) is 17.3. The van der Waals surface area contributed by atoms with Crippen LogP contribution in [0.15, 0.2) is 29.4 Å². The molecule has 0 heterocycles. The van der Waals surface area contributed by atoms with E-state index < -0.39 is 50.0 Å². The minimum Gasteiger partial charge on any atom is -0.748 e. The summed E-state index contributed by atoms with van der Waals surface area (Å²) in [5.41, 5.74) is 12.4. The molecule has 0 amide bonds. The number of ether oxygens (including phenoxy) is 4. The van der Waals surface area contributed by atoms with Gasteiger partial charge in [0.25, 0.3) is 0 Å². The van der Waals surface area contributed by atoms with Gasteiger partial charge in [0.1, 0.15) is 26.4 Å². The molecule has 2 N–H and O–H groups in total. The fourth-order valence-corrected chi connectivity index (χ4v) is 6.90. The van der Waals surface area contributed by atoms with Gasteiger partial charge in [0.15, 0.2) is 0 Å². The number of hydrogen-bond acceptors (Lipinski definition) is 12. The van der Waals surface area contributed by atoms with Crippen LogP contribution in [0, 0.1) is 16.2 Å². The van der Waals surface area contributed by atoms with Gasteiger partial charge in [-0.15, -0.1) is 0 Å². The van der Waals surface area contributed by atoms with E-state index in [1.54, 1.807) is 20.8 Å². The summed E-state index contributed by atoms with van der Waals surface area (Å²) in [6.07, 6.45) is 0.781. The summed E-state index contributed by atoms with van der Waals surface area (Å²) in [4.78, 5) is 44.3. The minimum atomic E-state index is -4.32. The first-order valence-corrected chi connectivity index (χ1v) is 18.8. The predicted molar refractivity (Wildman–Crippen MR) is 191 cm³/mol. The molecule has 0 bridgehead atoms. The standard InChI is InChI=1S/C35H59N5O10S/c1-9-33(3,30(41)49-19-17-40(6,7)16-10-22-51(44,45)46)25-35(5,32(43)48-18-15-36)26-34(4,31(42)50-21-20-47-8)23-27(2)29-13-11-28(12-14-29)24-38-39-37/h11-14,27H,9-10,15-26,36H2,1-8H3. The van der Waals surface area contributed by atoms with Crippen molar-refractivity contribution in [2.45, 2.75) is 79.2 Å². The second kappa shape index (κ2) is 20.7. The van der Waals surface area contributed by atoms with Gasteiger partial charge in [-0.25, -0.2) is 8.42 Å². The van der Waals surface area contributed by atoms with Crippen LogP contribution in [0.1, 0.15) is 83.8 Å². The molecule has 0 aliphatic carbocycles. The highest BCUT2D eigenvalue weighted by atomic mass is 32.2. The Morgan fingerprint density at radius 1 is 0.922 bits per heavy atom. The third-order valence-corrected chi connectivity index (χ3v) is 10.2. The lowest BCUT2D eigenvalue weighted by Gasteiger charge is -2.41. The van der Waals surface area contributed by atoms with Gasteiger partial charge >= 0.3 is 17.9 Å². The molecule has 1 aromatic carbocycles. The Morgan fingerprint density at radius 3 is 2.02 bits per heavy atom. The minimum absolute atomic E-state index is 0.00176. The molecule has 1 aromatic rings. The smallest absolute Gasteiger partial charge is 0.312 e. The van der Waals surface area contributed by atoms with Crippen molar-refractivity contribution in [3.05, 3.63) is 45.8 Å². The molecule has 0 fully saturated rings. The number of methoxy groups -OCH3 is 1. The number of hydrogen-bond donors (Lipinski definition) is 1. The van der Waals surface area contributed by atoms with Gasteiger partial charge < -0.3 is 33.7 Å². The van der Waals surface area contributed by atoms with Crippen LogP contribution in [0.25, 0.3) is 10.4 Å². The second-order valence-electron chi connectivity index (χ2n) is 14.8. The fourth-order valence-electron chi connectivity index (χ4n) is 6.42. The Balaban J connectivity index is 3.39. The van der Waals surface area contributed by atoms with Crippen molar-refractivity contribution >= 4 is 28.0 Å². The Bertz CT molecular complexity index is 1430. The average molecular weight is 742 g/mol. The van der Waals surface area contributed by atoms with Crippen molar-refractivity contribution < 1.29 is 50.8 Å². The molecule has 0 radical (unpaired) electrons. The lowest BCUT2D eigenvalue weighted by atomic mass is 9.62. The van der Waals surface area contributed by atoms with E-state index in [-0.39, 0.29) is 64.7 Å². The Labute approximate surface area is 303 Å². The third-order valence-electron chi connectivity index (χ3n) is 9.40. The molecule has 0 saturated carbocycles. The van der Waals surface area contributed by atoms with Gasteiger partial charge in [-0.1, -0.05) is 43.2 Å². The van der Waals surface area contributed by atoms with Gasteiger partial charge in [-0.2, -0.15) is 0 Å². The summed E-state index contributed by atoms with van der Waals surface area (Å²) < 4.78 is 55.4. The molecule has 1 rings (SSSR count). The summed E-state index contributed by atoms with van der Waals surface area (Å²) >= 11 is 0. The summed E-state index contributed by atoms with van der Waals surface area (Å²) in [5, 5.41) is 3.60. The van der Waals surface area contributed by atoms with E-state index in [4.69, 9.17) is 30.2 Å². The van der Waals surface area contributed by atoms with Crippen LogP contribution < -0.4 is 5.73 Å². The summed E-state index contributed by atoms with van der Waals surface area (Å²) in [6.45, 7) is 10.2. The van der Waals surface area contributed by atoms with Gasteiger partial charge in [0, 0.05) is 30.7 Å². The number of azide groups is 1. The zero-order valence-electron chi connectivity index (χ0n) is 31.6. The number of carbonyl (C=O) groups is 3. The molecule has 0 aliphatic heterocycles.